The van der Waals surface area contributed by atoms with E-state index in [1.165, 1.54) is 6.08 Å². The van der Waals surface area contributed by atoms with Crippen molar-refractivity contribution >= 4 is 5.94 Å². The molecule has 0 aliphatic heterocycles. The van der Waals surface area contributed by atoms with Crippen molar-refractivity contribution in [3.05, 3.63) is 29.6 Å². The van der Waals surface area contributed by atoms with Crippen molar-refractivity contribution in [2.45, 2.75) is 6.92 Å². The number of hydrogen-bond donors (Lipinski definition) is 0. The maximum absolute atomic E-state index is 10.8. The van der Waals surface area contributed by atoms with Crippen LogP contribution in [-0.4, -0.2) is 5.94 Å². The average molecular weight is 135 g/mol. The maximum atomic E-state index is 10.8. The van der Waals surface area contributed by atoms with Gasteiger partial charge in [-0.1, -0.05) is 19.1 Å². The standard InChI is InChI=1S/C8H7O2/c1-6-3-2-4-8(10)7(6)5-9/h2-4,6H,1H3. The fraction of sp³-hybridized carbons (Fsp3) is 0.250. The highest BCUT2D eigenvalue weighted by Crippen LogP contribution is 2.20. The molecule has 1 rings (SSSR count). The zero-order valence-corrected chi connectivity index (χ0v) is 5.63. The molecule has 2 nitrogen and oxygen atoms in total. The molecule has 10 heavy (non-hydrogen) atoms. The lowest BCUT2D eigenvalue weighted by molar-refractivity contribution is 0.302. The van der Waals surface area contributed by atoms with E-state index < -0.39 is 0 Å². The van der Waals surface area contributed by atoms with Gasteiger partial charge in [-0.3, -0.25) is 5.11 Å². The molecule has 0 aromatic rings. The van der Waals surface area contributed by atoms with Crippen LogP contribution in [0.25, 0.3) is 0 Å². The first kappa shape index (κ1) is 6.84. The van der Waals surface area contributed by atoms with E-state index in [-0.39, 0.29) is 17.3 Å². The second kappa shape index (κ2) is 2.54. The zero-order valence-electron chi connectivity index (χ0n) is 5.63. The molecule has 1 atom stereocenters. The summed E-state index contributed by atoms with van der Waals surface area (Å²) in [5.41, 5.74) is 0.225. The van der Waals surface area contributed by atoms with Crippen molar-refractivity contribution in [1.82, 2.24) is 0 Å². The Morgan fingerprint density at radius 3 is 2.70 bits per heavy atom. The smallest absolute Gasteiger partial charge is 0.193 e. The molecular weight excluding hydrogens is 128 g/mol. The first-order valence-electron chi connectivity index (χ1n) is 3.06. The minimum absolute atomic E-state index is 0.0741. The lowest BCUT2D eigenvalue weighted by atomic mass is 9.96. The molecule has 0 heterocycles. The summed E-state index contributed by atoms with van der Waals surface area (Å²) in [6.07, 6.45) is 4.83. The number of rotatable bonds is 0. The number of carbonyl (C=O) groups excluding carboxylic acids is 1. The summed E-state index contributed by atoms with van der Waals surface area (Å²) in [4.78, 5) is 10.1. The predicted octanol–water partition coefficient (Wildman–Crippen LogP) is 1.26. The van der Waals surface area contributed by atoms with Crippen LogP contribution < -0.4 is 0 Å². The summed E-state index contributed by atoms with van der Waals surface area (Å²) < 4.78 is 0. The molecular formula is C8H7O2. The minimum atomic E-state index is -0.218. The molecule has 0 amide bonds. The third kappa shape index (κ3) is 1.02. The van der Waals surface area contributed by atoms with Crippen molar-refractivity contribution in [3.8, 4) is 0 Å². The lowest BCUT2D eigenvalue weighted by Crippen LogP contribution is -2.02. The van der Waals surface area contributed by atoms with Gasteiger partial charge in [-0.15, -0.1) is 0 Å². The van der Waals surface area contributed by atoms with E-state index in [0.29, 0.717) is 0 Å². The van der Waals surface area contributed by atoms with E-state index in [0.717, 1.165) is 0 Å². The Balaban J connectivity index is 3.04. The van der Waals surface area contributed by atoms with E-state index in [4.69, 9.17) is 0 Å². The molecule has 0 saturated carbocycles. The van der Waals surface area contributed by atoms with Gasteiger partial charge >= 0.3 is 0 Å². The van der Waals surface area contributed by atoms with E-state index in [2.05, 4.69) is 0 Å². The SMILES string of the molecule is CC1C=CC=C([O])C1=C=O. The first-order valence-corrected chi connectivity index (χ1v) is 3.06. The highest BCUT2D eigenvalue weighted by molar-refractivity contribution is 5.62. The third-order valence-electron chi connectivity index (χ3n) is 1.48. The predicted molar refractivity (Wildman–Crippen MR) is 36.3 cm³/mol. The zero-order chi connectivity index (χ0) is 7.56. The molecule has 0 spiro atoms. The molecule has 1 unspecified atom stereocenters. The van der Waals surface area contributed by atoms with Crippen LogP contribution in [0.5, 0.6) is 0 Å². The number of allylic oxidation sites excluding steroid dienone is 4. The third-order valence-corrected chi connectivity index (χ3v) is 1.48. The second-order valence-electron chi connectivity index (χ2n) is 2.22. The Morgan fingerprint density at radius 1 is 1.60 bits per heavy atom. The van der Waals surface area contributed by atoms with E-state index in [1.54, 1.807) is 25.0 Å². The molecule has 1 aliphatic rings. The summed E-state index contributed by atoms with van der Waals surface area (Å²) in [6, 6.07) is 0. The molecule has 0 aromatic heterocycles. The van der Waals surface area contributed by atoms with Crippen LogP contribution in [0.2, 0.25) is 0 Å². The summed E-state index contributed by atoms with van der Waals surface area (Å²) in [7, 11) is 0. The van der Waals surface area contributed by atoms with Crippen molar-refractivity contribution < 1.29 is 9.90 Å². The van der Waals surface area contributed by atoms with Gasteiger partial charge in [0.1, 0.15) is 5.94 Å². The monoisotopic (exact) mass is 135 g/mol. The average Bonchev–Trinajstić information content (AvgIpc) is 1.88. The van der Waals surface area contributed by atoms with Crippen molar-refractivity contribution in [2.24, 2.45) is 5.92 Å². The fourth-order valence-corrected chi connectivity index (χ4v) is 0.863. The Kier molecular flexibility index (Phi) is 1.74. The number of hydrogen-bond acceptors (Lipinski definition) is 1. The Hall–Kier alpha value is -1.27. The minimum Gasteiger partial charge on any atom is -0.289 e. The molecule has 0 aromatic carbocycles. The summed E-state index contributed by atoms with van der Waals surface area (Å²) >= 11 is 0. The summed E-state index contributed by atoms with van der Waals surface area (Å²) in [6.45, 7) is 1.79. The molecule has 0 fully saturated rings. The van der Waals surface area contributed by atoms with Crippen LogP contribution >= 0.6 is 0 Å². The van der Waals surface area contributed by atoms with Gasteiger partial charge in [0.2, 0.25) is 0 Å². The highest BCUT2D eigenvalue weighted by Gasteiger charge is 2.15. The van der Waals surface area contributed by atoms with Crippen LogP contribution in [0.3, 0.4) is 0 Å². The van der Waals surface area contributed by atoms with Gasteiger partial charge in [0, 0.05) is 5.92 Å². The molecule has 2 heteroatoms. The Labute approximate surface area is 59.2 Å². The molecule has 51 valence electrons. The van der Waals surface area contributed by atoms with Crippen molar-refractivity contribution in [3.63, 3.8) is 0 Å². The highest BCUT2D eigenvalue weighted by atomic mass is 16.3. The maximum Gasteiger partial charge on any atom is 0.193 e. The molecule has 0 N–H and O–H groups in total. The van der Waals surface area contributed by atoms with Gasteiger partial charge in [0.25, 0.3) is 0 Å². The van der Waals surface area contributed by atoms with Crippen molar-refractivity contribution in [1.29, 1.82) is 0 Å². The molecule has 1 radical (unpaired) electrons. The van der Waals surface area contributed by atoms with Gasteiger partial charge in [-0.2, -0.15) is 0 Å². The quantitative estimate of drug-likeness (QED) is 0.461. The van der Waals surface area contributed by atoms with Crippen LogP contribution in [0, 0.1) is 5.92 Å². The van der Waals surface area contributed by atoms with Gasteiger partial charge < -0.3 is 0 Å². The molecule has 1 aliphatic carbocycles. The van der Waals surface area contributed by atoms with E-state index >= 15 is 0 Å². The van der Waals surface area contributed by atoms with E-state index in [1.807, 2.05) is 0 Å². The van der Waals surface area contributed by atoms with Crippen LogP contribution in [0.15, 0.2) is 29.6 Å². The molecule has 0 bridgehead atoms. The van der Waals surface area contributed by atoms with Gasteiger partial charge in [0.05, 0.1) is 5.57 Å². The fourth-order valence-electron chi connectivity index (χ4n) is 0.863. The second-order valence-corrected chi connectivity index (χ2v) is 2.22. The topological polar surface area (TPSA) is 37.0 Å². The van der Waals surface area contributed by atoms with Gasteiger partial charge in [-0.25, -0.2) is 4.79 Å². The lowest BCUT2D eigenvalue weighted by Gasteiger charge is -2.07. The van der Waals surface area contributed by atoms with Crippen LogP contribution in [0.1, 0.15) is 6.92 Å². The largest absolute Gasteiger partial charge is 0.289 e. The van der Waals surface area contributed by atoms with Crippen LogP contribution in [0.4, 0.5) is 0 Å². The van der Waals surface area contributed by atoms with Crippen LogP contribution in [-0.2, 0) is 9.90 Å². The normalized spacial score (nSPS) is 23.9. The van der Waals surface area contributed by atoms with E-state index in [9.17, 15) is 9.90 Å². The Morgan fingerprint density at radius 2 is 2.30 bits per heavy atom. The molecule has 0 saturated heterocycles. The Bertz CT molecular complexity index is 242. The van der Waals surface area contributed by atoms with Gasteiger partial charge in [-0.05, 0) is 6.08 Å². The summed E-state index contributed by atoms with van der Waals surface area (Å²) in [5, 5.41) is 10.8. The van der Waals surface area contributed by atoms with Crippen molar-refractivity contribution in [2.75, 3.05) is 0 Å². The van der Waals surface area contributed by atoms with Gasteiger partial charge in [0.15, 0.2) is 5.76 Å². The summed E-state index contributed by atoms with van der Waals surface area (Å²) in [5.74, 6) is 1.35. The first-order chi connectivity index (χ1) is 4.75.